The third kappa shape index (κ3) is 5.43. The van der Waals surface area contributed by atoms with Gasteiger partial charge in [-0.2, -0.15) is 4.98 Å². The van der Waals surface area contributed by atoms with Crippen LogP contribution >= 0.6 is 0 Å². The molecule has 0 unspecified atom stereocenters. The largest absolute Gasteiger partial charge is 0.455 e. The van der Waals surface area contributed by atoms with Gasteiger partial charge in [0.25, 0.3) is 11.5 Å². The summed E-state index contributed by atoms with van der Waals surface area (Å²) in [6.45, 7) is 6.02. The van der Waals surface area contributed by atoms with Gasteiger partial charge >= 0.3 is 11.9 Å². The summed E-state index contributed by atoms with van der Waals surface area (Å²) in [4.78, 5) is 61.3. The summed E-state index contributed by atoms with van der Waals surface area (Å²) >= 11 is 0. The Kier molecular flexibility index (Phi) is 7.88. The van der Waals surface area contributed by atoms with E-state index in [1.165, 1.54) is 10.9 Å². The van der Waals surface area contributed by atoms with Gasteiger partial charge in [0.05, 0.1) is 24.8 Å². The predicted octanol–water partition coefficient (Wildman–Crippen LogP) is 1.40. The molecule has 0 bridgehead atoms. The summed E-state index contributed by atoms with van der Waals surface area (Å²) in [6.07, 6.45) is -3.26. The Balaban J connectivity index is 1.73. The molecule has 1 aliphatic rings. The monoisotopic (exact) mass is 527 g/mol. The van der Waals surface area contributed by atoms with Crippen LogP contribution in [0.15, 0.2) is 41.5 Å². The van der Waals surface area contributed by atoms with Crippen LogP contribution in [0.5, 0.6) is 0 Å². The SMILES string of the molecule is CC(C)C(=O)O[C@@H]1[C@H](OC(=O)C(C)C)[C@@H](CO)O[C@H]1n1cnc2c(=O)[nH]c(NC(=O)c3ccccc3)nc21. The Hall–Kier alpha value is -4.10. The molecule has 202 valence electrons. The van der Waals surface area contributed by atoms with Crippen molar-refractivity contribution in [3.8, 4) is 0 Å². The summed E-state index contributed by atoms with van der Waals surface area (Å²) in [5, 5.41) is 12.5. The highest BCUT2D eigenvalue weighted by Gasteiger charge is 2.51. The van der Waals surface area contributed by atoms with E-state index in [0.717, 1.165) is 0 Å². The van der Waals surface area contributed by atoms with E-state index in [2.05, 4.69) is 20.3 Å². The van der Waals surface area contributed by atoms with Gasteiger partial charge in [-0.05, 0) is 12.1 Å². The summed E-state index contributed by atoms with van der Waals surface area (Å²) in [6, 6.07) is 8.35. The second-order valence-electron chi connectivity index (χ2n) is 9.42. The van der Waals surface area contributed by atoms with E-state index in [1.807, 2.05) is 0 Å². The Morgan fingerprint density at radius 3 is 2.32 bits per heavy atom. The summed E-state index contributed by atoms with van der Waals surface area (Å²) < 4.78 is 18.6. The number of rotatable bonds is 8. The van der Waals surface area contributed by atoms with Crippen LogP contribution in [0.1, 0.15) is 44.3 Å². The number of aliphatic hydroxyl groups is 1. The number of H-pyrrole nitrogens is 1. The van der Waals surface area contributed by atoms with Crippen molar-refractivity contribution >= 4 is 35.0 Å². The summed E-state index contributed by atoms with van der Waals surface area (Å²) in [5.41, 5.74) is -0.333. The molecule has 1 saturated heterocycles. The van der Waals surface area contributed by atoms with Crippen molar-refractivity contribution in [3.63, 3.8) is 0 Å². The molecule has 3 N–H and O–H groups in total. The van der Waals surface area contributed by atoms with E-state index < -0.39 is 66.4 Å². The standard InChI is InChI=1S/C25H29N5O8/c1-12(2)23(34)37-17-15(10-31)36-22(18(17)38-24(35)13(3)4)30-11-26-16-19(30)27-25(29-21(16)33)28-20(32)14-8-6-5-7-9-14/h5-9,11-13,15,17-18,22,31H,10H2,1-4H3,(H2,27,28,29,32,33)/t15-,17-,18-,22-/m1/s1. The maximum Gasteiger partial charge on any atom is 0.308 e. The van der Waals surface area contributed by atoms with Crippen molar-refractivity contribution < 1.29 is 33.7 Å². The number of fused-ring (bicyclic) bond motifs is 1. The quantitative estimate of drug-likeness (QED) is 0.363. The molecule has 13 nitrogen and oxygen atoms in total. The lowest BCUT2D eigenvalue weighted by Gasteiger charge is -2.25. The number of benzene rings is 1. The van der Waals surface area contributed by atoms with Crippen LogP contribution in [0.2, 0.25) is 0 Å². The molecule has 1 fully saturated rings. The van der Waals surface area contributed by atoms with E-state index in [9.17, 15) is 24.3 Å². The first-order valence-corrected chi connectivity index (χ1v) is 12.1. The van der Waals surface area contributed by atoms with Crippen LogP contribution in [-0.4, -0.2) is 67.4 Å². The van der Waals surface area contributed by atoms with Gasteiger partial charge in [-0.25, -0.2) is 4.98 Å². The average molecular weight is 528 g/mol. The zero-order valence-electron chi connectivity index (χ0n) is 21.3. The molecular formula is C25H29N5O8. The van der Waals surface area contributed by atoms with Crippen LogP contribution in [0, 0.1) is 11.8 Å². The lowest BCUT2D eigenvalue weighted by Crippen LogP contribution is -2.42. The number of hydrogen-bond acceptors (Lipinski definition) is 10. The molecule has 0 radical (unpaired) electrons. The highest BCUT2D eigenvalue weighted by Crippen LogP contribution is 2.36. The zero-order chi connectivity index (χ0) is 27.6. The Labute approximate surface area is 217 Å². The Morgan fingerprint density at radius 2 is 1.71 bits per heavy atom. The van der Waals surface area contributed by atoms with Crippen molar-refractivity contribution in [1.29, 1.82) is 0 Å². The van der Waals surface area contributed by atoms with Crippen molar-refractivity contribution in [1.82, 2.24) is 19.5 Å². The highest BCUT2D eigenvalue weighted by molar-refractivity contribution is 6.03. The molecule has 0 aliphatic carbocycles. The van der Waals surface area contributed by atoms with E-state index >= 15 is 0 Å². The minimum Gasteiger partial charge on any atom is -0.455 e. The molecule has 1 aliphatic heterocycles. The van der Waals surface area contributed by atoms with Gasteiger partial charge in [0.1, 0.15) is 6.10 Å². The third-order valence-corrected chi connectivity index (χ3v) is 5.89. The number of aliphatic hydroxyl groups excluding tert-OH is 1. The fourth-order valence-electron chi connectivity index (χ4n) is 3.83. The van der Waals surface area contributed by atoms with E-state index in [1.54, 1.807) is 58.0 Å². The van der Waals surface area contributed by atoms with E-state index in [-0.39, 0.29) is 17.1 Å². The number of ether oxygens (including phenoxy) is 3. The number of nitrogens with zero attached hydrogens (tertiary/aromatic N) is 3. The number of anilines is 1. The fraction of sp³-hybridized carbons (Fsp3) is 0.440. The molecule has 1 aromatic carbocycles. The molecule has 2 aromatic heterocycles. The number of aromatic amines is 1. The Morgan fingerprint density at radius 1 is 1.08 bits per heavy atom. The van der Waals surface area contributed by atoms with E-state index in [0.29, 0.717) is 5.56 Å². The van der Waals surface area contributed by atoms with Crippen molar-refractivity contribution in [2.45, 2.75) is 52.2 Å². The molecule has 4 atom stereocenters. The van der Waals surface area contributed by atoms with Crippen LogP contribution in [-0.2, 0) is 23.8 Å². The topological polar surface area (TPSA) is 175 Å². The van der Waals surface area contributed by atoms with Gasteiger partial charge in [-0.3, -0.25) is 34.0 Å². The molecule has 0 spiro atoms. The number of carbonyl (C=O) groups excluding carboxylic acids is 3. The number of esters is 2. The maximum absolute atomic E-state index is 12.7. The Bertz CT molecular complexity index is 1380. The lowest BCUT2D eigenvalue weighted by atomic mass is 10.1. The number of carbonyl (C=O) groups is 3. The van der Waals surface area contributed by atoms with Gasteiger partial charge < -0.3 is 19.3 Å². The lowest BCUT2D eigenvalue weighted by molar-refractivity contribution is -0.172. The summed E-state index contributed by atoms with van der Waals surface area (Å²) in [7, 11) is 0. The highest BCUT2D eigenvalue weighted by atomic mass is 16.6. The predicted molar refractivity (Wildman–Crippen MR) is 133 cm³/mol. The fourth-order valence-corrected chi connectivity index (χ4v) is 3.83. The van der Waals surface area contributed by atoms with Crippen LogP contribution in [0.4, 0.5) is 5.95 Å². The number of imidazole rings is 1. The van der Waals surface area contributed by atoms with Crippen LogP contribution in [0.25, 0.3) is 11.2 Å². The van der Waals surface area contributed by atoms with Crippen molar-refractivity contribution in [2.75, 3.05) is 11.9 Å². The van der Waals surface area contributed by atoms with Crippen molar-refractivity contribution in [3.05, 3.63) is 52.6 Å². The van der Waals surface area contributed by atoms with Crippen LogP contribution < -0.4 is 10.9 Å². The number of amides is 1. The normalized spacial score (nSPS) is 21.1. The first-order valence-electron chi connectivity index (χ1n) is 12.1. The maximum atomic E-state index is 12.7. The van der Waals surface area contributed by atoms with Crippen molar-refractivity contribution in [2.24, 2.45) is 11.8 Å². The molecule has 4 rings (SSSR count). The second-order valence-corrected chi connectivity index (χ2v) is 9.42. The number of aromatic nitrogens is 4. The molecule has 0 saturated carbocycles. The van der Waals surface area contributed by atoms with Gasteiger partial charge in [0.15, 0.2) is 29.6 Å². The minimum atomic E-state index is -1.19. The average Bonchev–Trinajstić information content (AvgIpc) is 3.45. The van der Waals surface area contributed by atoms with Gasteiger partial charge in [0, 0.05) is 5.56 Å². The second kappa shape index (κ2) is 11.1. The zero-order valence-corrected chi connectivity index (χ0v) is 21.3. The van der Waals surface area contributed by atoms with Gasteiger partial charge in [-0.15, -0.1) is 0 Å². The molecule has 3 aromatic rings. The molecule has 3 heterocycles. The summed E-state index contributed by atoms with van der Waals surface area (Å²) in [5.74, 6) is -2.79. The first kappa shape index (κ1) is 26.9. The number of nitrogens with one attached hydrogen (secondary N) is 2. The molecule has 13 heteroatoms. The molecule has 38 heavy (non-hydrogen) atoms. The van der Waals surface area contributed by atoms with E-state index in [4.69, 9.17) is 14.2 Å². The van der Waals surface area contributed by atoms with Crippen LogP contribution in [0.3, 0.4) is 0 Å². The third-order valence-electron chi connectivity index (χ3n) is 5.89. The molecule has 1 amide bonds. The molecular weight excluding hydrogens is 498 g/mol. The smallest absolute Gasteiger partial charge is 0.308 e. The van der Waals surface area contributed by atoms with Gasteiger partial charge in [0.2, 0.25) is 5.95 Å². The first-order chi connectivity index (χ1) is 18.1. The van der Waals surface area contributed by atoms with Gasteiger partial charge in [-0.1, -0.05) is 45.9 Å². The number of hydrogen-bond donors (Lipinski definition) is 3. The minimum absolute atomic E-state index is 0.0141.